The van der Waals surface area contributed by atoms with Gasteiger partial charge in [-0.2, -0.15) is 5.10 Å². The number of aromatic nitrogens is 3. The average Bonchev–Trinajstić information content (AvgIpc) is 3.18. The zero-order chi connectivity index (χ0) is 16.2. The lowest BCUT2D eigenvalue weighted by atomic mass is 10.1. The second-order valence-electron chi connectivity index (χ2n) is 5.16. The van der Waals surface area contributed by atoms with Crippen molar-refractivity contribution in [3.05, 3.63) is 58.3 Å². The Bertz CT molecular complexity index is 786. The predicted molar refractivity (Wildman–Crippen MR) is 92.2 cm³/mol. The van der Waals surface area contributed by atoms with E-state index in [1.165, 1.54) is 4.88 Å². The largest absolute Gasteiger partial charge is 0.322 e. The van der Waals surface area contributed by atoms with Gasteiger partial charge in [-0.1, -0.05) is 24.6 Å². The van der Waals surface area contributed by atoms with E-state index in [0.29, 0.717) is 12.1 Å². The van der Waals surface area contributed by atoms with Gasteiger partial charge < -0.3 is 5.32 Å². The van der Waals surface area contributed by atoms with Crippen LogP contribution in [0.15, 0.2) is 48.2 Å². The Morgan fingerprint density at radius 1 is 1.43 bits per heavy atom. The Morgan fingerprint density at radius 3 is 3.00 bits per heavy atom. The van der Waals surface area contributed by atoms with Gasteiger partial charge in [0.25, 0.3) is 0 Å². The molecule has 7 heteroatoms. The third kappa shape index (κ3) is 3.78. The lowest BCUT2D eigenvalue weighted by molar-refractivity contribution is -0.119. The quantitative estimate of drug-likeness (QED) is 0.764. The van der Waals surface area contributed by atoms with E-state index in [4.69, 9.17) is 11.6 Å². The molecular formula is C16H15ClN4OS. The van der Waals surface area contributed by atoms with Gasteiger partial charge in [-0.25, -0.2) is 4.68 Å². The molecule has 0 saturated carbocycles. The highest BCUT2D eigenvalue weighted by atomic mass is 35.5. The zero-order valence-corrected chi connectivity index (χ0v) is 14.0. The van der Waals surface area contributed by atoms with E-state index in [1.807, 2.05) is 36.6 Å². The molecule has 0 radical (unpaired) electrons. The fourth-order valence-electron chi connectivity index (χ4n) is 2.14. The summed E-state index contributed by atoms with van der Waals surface area (Å²) >= 11 is 7.77. The van der Waals surface area contributed by atoms with Crippen LogP contribution in [0.4, 0.5) is 5.69 Å². The van der Waals surface area contributed by atoms with Gasteiger partial charge >= 0.3 is 0 Å². The first-order valence-electron chi connectivity index (χ1n) is 7.12. The molecule has 0 spiro atoms. The van der Waals surface area contributed by atoms with Crippen molar-refractivity contribution in [2.45, 2.75) is 13.3 Å². The Kier molecular flexibility index (Phi) is 4.73. The van der Waals surface area contributed by atoms with Gasteiger partial charge in [0.05, 0.1) is 23.8 Å². The summed E-state index contributed by atoms with van der Waals surface area (Å²) in [6.07, 6.45) is 5.75. The molecule has 1 N–H and O–H groups in total. The summed E-state index contributed by atoms with van der Waals surface area (Å²) in [6.45, 7) is 1.90. The molecule has 0 aromatic carbocycles. The monoisotopic (exact) mass is 346 g/mol. The van der Waals surface area contributed by atoms with Crippen molar-refractivity contribution in [2.75, 3.05) is 5.32 Å². The first-order valence-corrected chi connectivity index (χ1v) is 8.38. The minimum absolute atomic E-state index is 0.0777. The number of nitrogens with zero attached hydrogens (tertiary/aromatic N) is 3. The molecule has 5 nitrogen and oxygen atoms in total. The highest BCUT2D eigenvalue weighted by Gasteiger charge is 2.17. The van der Waals surface area contributed by atoms with Crippen LogP contribution in [0.25, 0.3) is 5.69 Å². The lowest BCUT2D eigenvalue weighted by Gasteiger charge is -2.10. The lowest BCUT2D eigenvalue weighted by Crippen LogP contribution is -2.21. The summed E-state index contributed by atoms with van der Waals surface area (Å²) in [5.41, 5.74) is 1.28. The van der Waals surface area contributed by atoms with Crippen molar-refractivity contribution in [3.8, 4) is 5.69 Å². The predicted octanol–water partition coefficient (Wildman–Crippen LogP) is 3.80. The Balaban J connectivity index is 1.70. The molecule has 1 atom stereocenters. The maximum absolute atomic E-state index is 12.3. The van der Waals surface area contributed by atoms with Crippen LogP contribution >= 0.6 is 22.9 Å². The Morgan fingerprint density at radius 2 is 2.30 bits per heavy atom. The second kappa shape index (κ2) is 6.93. The maximum Gasteiger partial charge on any atom is 0.227 e. The molecular weight excluding hydrogens is 332 g/mol. The van der Waals surface area contributed by atoms with Crippen LogP contribution in [-0.2, 0) is 11.2 Å². The van der Waals surface area contributed by atoms with E-state index in [2.05, 4.69) is 15.4 Å². The van der Waals surface area contributed by atoms with Crippen LogP contribution in [0, 0.1) is 5.92 Å². The number of amides is 1. The maximum atomic E-state index is 12.3. The van der Waals surface area contributed by atoms with E-state index >= 15 is 0 Å². The fraction of sp³-hybridized carbons (Fsp3) is 0.188. The summed E-state index contributed by atoms with van der Waals surface area (Å²) in [6, 6.07) is 7.69. The number of carbonyl (C=O) groups excluding carboxylic acids is 1. The van der Waals surface area contributed by atoms with Crippen molar-refractivity contribution in [1.29, 1.82) is 0 Å². The van der Waals surface area contributed by atoms with Crippen molar-refractivity contribution >= 4 is 34.5 Å². The summed E-state index contributed by atoms with van der Waals surface area (Å²) in [5, 5.41) is 9.30. The molecule has 0 saturated heterocycles. The number of nitrogens with one attached hydrogen (secondary N) is 1. The third-order valence-corrected chi connectivity index (χ3v) is 4.55. The van der Waals surface area contributed by atoms with E-state index in [9.17, 15) is 4.79 Å². The Labute approximate surface area is 142 Å². The van der Waals surface area contributed by atoms with Gasteiger partial charge in [0.15, 0.2) is 5.15 Å². The summed E-state index contributed by atoms with van der Waals surface area (Å²) in [7, 11) is 0. The summed E-state index contributed by atoms with van der Waals surface area (Å²) < 4.78 is 1.59. The van der Waals surface area contributed by atoms with Crippen LogP contribution in [0.2, 0.25) is 5.15 Å². The molecule has 0 aliphatic heterocycles. The van der Waals surface area contributed by atoms with E-state index in [1.54, 1.807) is 34.6 Å². The number of carbonyl (C=O) groups is 1. The molecule has 23 heavy (non-hydrogen) atoms. The number of pyridine rings is 1. The van der Waals surface area contributed by atoms with Gasteiger partial charge in [-0.05, 0) is 30.0 Å². The molecule has 3 rings (SSSR count). The van der Waals surface area contributed by atoms with Gasteiger partial charge in [-0.15, -0.1) is 11.3 Å². The van der Waals surface area contributed by atoms with E-state index in [0.717, 1.165) is 5.69 Å². The van der Waals surface area contributed by atoms with Crippen LogP contribution in [0.3, 0.4) is 0 Å². The standard InChI is InChI=1S/C16H15ClN4OS/c1-11(8-13-5-3-7-23-13)16(22)19-14-10-21(20-15(14)17)12-4-2-6-18-9-12/h2-7,9-11H,8H2,1H3,(H,19,22). The highest BCUT2D eigenvalue weighted by molar-refractivity contribution is 7.09. The Hall–Kier alpha value is -2.18. The fourth-order valence-corrected chi connectivity index (χ4v) is 3.15. The smallest absolute Gasteiger partial charge is 0.227 e. The molecule has 118 valence electrons. The average molecular weight is 347 g/mol. The van der Waals surface area contributed by atoms with Crippen molar-refractivity contribution in [1.82, 2.24) is 14.8 Å². The number of rotatable bonds is 5. The SMILES string of the molecule is CC(Cc1cccs1)C(=O)Nc1cn(-c2cccnc2)nc1Cl. The minimum atomic E-state index is -0.147. The normalized spacial score (nSPS) is 12.1. The molecule has 3 aromatic heterocycles. The molecule has 0 aliphatic rings. The highest BCUT2D eigenvalue weighted by Crippen LogP contribution is 2.23. The first-order chi connectivity index (χ1) is 11.1. The molecule has 1 unspecified atom stereocenters. The molecule has 0 aliphatic carbocycles. The number of thiophene rings is 1. The molecule has 0 bridgehead atoms. The van der Waals surface area contributed by atoms with Gasteiger partial charge in [0.2, 0.25) is 5.91 Å². The van der Waals surface area contributed by atoms with Crippen molar-refractivity contribution < 1.29 is 4.79 Å². The molecule has 3 heterocycles. The minimum Gasteiger partial charge on any atom is -0.322 e. The topological polar surface area (TPSA) is 59.8 Å². The number of halogens is 1. The number of hydrogen-bond acceptors (Lipinski definition) is 4. The van der Waals surface area contributed by atoms with Gasteiger partial charge in [-0.3, -0.25) is 9.78 Å². The second-order valence-corrected chi connectivity index (χ2v) is 6.55. The zero-order valence-electron chi connectivity index (χ0n) is 12.4. The summed E-state index contributed by atoms with van der Waals surface area (Å²) in [5.74, 6) is -0.225. The van der Waals surface area contributed by atoms with Crippen molar-refractivity contribution in [2.24, 2.45) is 5.92 Å². The van der Waals surface area contributed by atoms with E-state index < -0.39 is 0 Å². The van der Waals surface area contributed by atoms with Crippen LogP contribution in [-0.4, -0.2) is 20.7 Å². The third-order valence-electron chi connectivity index (χ3n) is 3.37. The van der Waals surface area contributed by atoms with Crippen LogP contribution in [0.1, 0.15) is 11.8 Å². The van der Waals surface area contributed by atoms with Gasteiger partial charge in [0.1, 0.15) is 0 Å². The van der Waals surface area contributed by atoms with Crippen LogP contribution < -0.4 is 5.32 Å². The summed E-state index contributed by atoms with van der Waals surface area (Å²) in [4.78, 5) is 17.5. The molecule has 1 amide bonds. The number of hydrogen-bond donors (Lipinski definition) is 1. The molecule has 3 aromatic rings. The van der Waals surface area contributed by atoms with Gasteiger partial charge in [0, 0.05) is 17.0 Å². The number of anilines is 1. The van der Waals surface area contributed by atoms with Crippen molar-refractivity contribution in [3.63, 3.8) is 0 Å². The molecule has 0 fully saturated rings. The van der Waals surface area contributed by atoms with E-state index in [-0.39, 0.29) is 17.0 Å². The van der Waals surface area contributed by atoms with Crippen LogP contribution in [0.5, 0.6) is 0 Å². The first kappa shape index (κ1) is 15.7.